The SMILES string of the molecule is CCOc1ccc(-n2c(SCC(=O)NN=Cc3cccc(Cl)c3Cl)nnc2-c2cccnc2)cc1. The number of aromatic nitrogens is 4. The number of hydrazone groups is 1. The molecule has 4 aromatic rings. The van der Waals surface area contributed by atoms with Gasteiger partial charge in [-0.3, -0.25) is 14.3 Å². The molecular weight excluding hydrogens is 507 g/mol. The zero-order valence-corrected chi connectivity index (χ0v) is 20.9. The molecule has 2 aromatic heterocycles. The van der Waals surface area contributed by atoms with Gasteiger partial charge >= 0.3 is 0 Å². The van der Waals surface area contributed by atoms with Gasteiger partial charge in [0.15, 0.2) is 11.0 Å². The number of nitrogens with one attached hydrogen (secondary N) is 1. The normalized spacial score (nSPS) is 11.1. The molecule has 0 saturated carbocycles. The number of benzene rings is 2. The Bertz CT molecular complexity index is 1330. The number of nitrogens with zero attached hydrogens (tertiary/aromatic N) is 5. The number of ether oxygens (including phenoxy) is 1. The minimum atomic E-state index is -0.312. The summed E-state index contributed by atoms with van der Waals surface area (Å²) < 4.78 is 7.42. The zero-order chi connectivity index (χ0) is 24.6. The molecule has 2 heterocycles. The van der Waals surface area contributed by atoms with Gasteiger partial charge in [-0.15, -0.1) is 10.2 Å². The summed E-state index contributed by atoms with van der Waals surface area (Å²) in [5.74, 6) is 1.13. The molecule has 0 saturated heterocycles. The van der Waals surface area contributed by atoms with Gasteiger partial charge in [0.25, 0.3) is 5.91 Å². The van der Waals surface area contributed by atoms with Crippen LogP contribution < -0.4 is 10.2 Å². The first-order chi connectivity index (χ1) is 17.1. The van der Waals surface area contributed by atoms with Gasteiger partial charge in [-0.1, -0.05) is 47.1 Å². The van der Waals surface area contributed by atoms with E-state index in [0.29, 0.717) is 33.2 Å². The van der Waals surface area contributed by atoms with E-state index >= 15 is 0 Å². The lowest BCUT2D eigenvalue weighted by Crippen LogP contribution is -2.20. The maximum atomic E-state index is 12.4. The summed E-state index contributed by atoms with van der Waals surface area (Å²) in [7, 11) is 0. The van der Waals surface area contributed by atoms with Crippen LogP contribution in [0.2, 0.25) is 10.0 Å². The van der Waals surface area contributed by atoms with Crippen LogP contribution in [-0.2, 0) is 4.79 Å². The fraction of sp³-hybridized carbons (Fsp3) is 0.125. The van der Waals surface area contributed by atoms with Crippen LogP contribution in [0.4, 0.5) is 0 Å². The number of hydrogen-bond donors (Lipinski definition) is 1. The Hall–Kier alpha value is -3.40. The van der Waals surface area contributed by atoms with Gasteiger partial charge in [-0.25, -0.2) is 5.43 Å². The largest absolute Gasteiger partial charge is 0.494 e. The fourth-order valence-electron chi connectivity index (χ4n) is 3.09. The molecule has 0 aliphatic rings. The van der Waals surface area contributed by atoms with Crippen molar-refractivity contribution in [3.63, 3.8) is 0 Å². The number of rotatable bonds is 9. The predicted molar refractivity (Wildman–Crippen MR) is 139 cm³/mol. The van der Waals surface area contributed by atoms with E-state index in [4.69, 9.17) is 27.9 Å². The summed E-state index contributed by atoms with van der Waals surface area (Å²) in [6, 6.07) is 16.5. The average Bonchev–Trinajstić information content (AvgIpc) is 3.30. The topological polar surface area (TPSA) is 94.3 Å². The second-order valence-electron chi connectivity index (χ2n) is 7.04. The molecule has 35 heavy (non-hydrogen) atoms. The van der Waals surface area contributed by atoms with Crippen molar-refractivity contribution in [2.24, 2.45) is 5.10 Å². The highest BCUT2D eigenvalue weighted by atomic mass is 35.5. The summed E-state index contributed by atoms with van der Waals surface area (Å²) in [4.78, 5) is 16.6. The summed E-state index contributed by atoms with van der Waals surface area (Å²) in [6.45, 7) is 2.51. The molecule has 8 nitrogen and oxygen atoms in total. The maximum Gasteiger partial charge on any atom is 0.250 e. The second kappa shape index (κ2) is 11.8. The molecule has 0 atom stereocenters. The molecule has 178 valence electrons. The highest BCUT2D eigenvalue weighted by Gasteiger charge is 2.17. The third-order valence-electron chi connectivity index (χ3n) is 4.67. The molecule has 11 heteroatoms. The van der Waals surface area contributed by atoms with Crippen molar-refractivity contribution in [3.05, 3.63) is 82.6 Å². The molecule has 0 unspecified atom stereocenters. The molecule has 4 rings (SSSR count). The van der Waals surface area contributed by atoms with E-state index in [1.54, 1.807) is 30.6 Å². The van der Waals surface area contributed by atoms with E-state index in [2.05, 4.69) is 25.7 Å². The molecule has 0 fully saturated rings. The third kappa shape index (κ3) is 6.19. The number of carbonyl (C=O) groups is 1. The molecular formula is C24H20Cl2N6O2S. The smallest absolute Gasteiger partial charge is 0.250 e. The lowest BCUT2D eigenvalue weighted by atomic mass is 10.2. The summed E-state index contributed by atoms with van der Waals surface area (Å²) >= 11 is 13.4. The minimum Gasteiger partial charge on any atom is -0.494 e. The van der Waals surface area contributed by atoms with Crippen molar-refractivity contribution in [1.82, 2.24) is 25.2 Å². The lowest BCUT2D eigenvalue weighted by molar-refractivity contribution is -0.118. The van der Waals surface area contributed by atoms with Crippen LogP contribution >= 0.6 is 35.0 Å². The predicted octanol–water partition coefficient (Wildman–Crippen LogP) is 5.28. The van der Waals surface area contributed by atoms with Gasteiger partial charge in [-0.2, -0.15) is 5.10 Å². The van der Waals surface area contributed by atoms with Crippen molar-refractivity contribution in [1.29, 1.82) is 0 Å². The number of carbonyl (C=O) groups excluding carboxylic acids is 1. The standard InChI is InChI=1S/C24H20Cl2N6O2S/c1-2-34-19-10-8-18(9-11-19)32-23(17-6-4-12-27-13-17)30-31-24(32)35-15-21(33)29-28-14-16-5-3-7-20(25)22(16)26/h3-14H,2,15H2,1H3,(H,29,33). The summed E-state index contributed by atoms with van der Waals surface area (Å²) in [5.41, 5.74) is 4.72. The van der Waals surface area contributed by atoms with Crippen LogP contribution in [0.25, 0.3) is 17.1 Å². The average molecular weight is 527 g/mol. The van der Waals surface area contributed by atoms with Gasteiger partial charge in [0.2, 0.25) is 0 Å². The van der Waals surface area contributed by atoms with Crippen LogP contribution in [0, 0.1) is 0 Å². The summed E-state index contributed by atoms with van der Waals surface area (Å²) in [6.07, 6.45) is 4.85. The van der Waals surface area contributed by atoms with Gasteiger partial charge in [0.05, 0.1) is 28.6 Å². The second-order valence-corrected chi connectivity index (χ2v) is 8.76. The molecule has 0 radical (unpaired) electrons. The van der Waals surface area contributed by atoms with Crippen LogP contribution in [0.15, 0.2) is 77.2 Å². The van der Waals surface area contributed by atoms with Crippen molar-refractivity contribution >= 4 is 47.1 Å². The van der Waals surface area contributed by atoms with E-state index in [-0.39, 0.29) is 11.7 Å². The van der Waals surface area contributed by atoms with Gasteiger partial charge in [-0.05, 0) is 49.4 Å². The van der Waals surface area contributed by atoms with E-state index < -0.39 is 0 Å². The number of halogens is 2. The lowest BCUT2D eigenvalue weighted by Gasteiger charge is -2.11. The van der Waals surface area contributed by atoms with Gasteiger partial charge < -0.3 is 4.74 Å². The molecule has 1 N–H and O–H groups in total. The van der Waals surface area contributed by atoms with Crippen molar-refractivity contribution in [2.45, 2.75) is 12.1 Å². The first-order valence-corrected chi connectivity index (χ1v) is 12.3. The Balaban J connectivity index is 1.51. The molecule has 1 amide bonds. The zero-order valence-electron chi connectivity index (χ0n) is 18.6. The Morgan fingerprint density at radius 2 is 1.97 bits per heavy atom. The maximum absolute atomic E-state index is 12.4. The quantitative estimate of drug-likeness (QED) is 0.181. The number of thioether (sulfide) groups is 1. The first-order valence-electron chi connectivity index (χ1n) is 10.5. The van der Waals surface area contributed by atoms with Crippen molar-refractivity contribution in [3.8, 4) is 22.8 Å². The third-order valence-corrected chi connectivity index (χ3v) is 6.43. The van der Waals surface area contributed by atoms with Gasteiger partial charge in [0, 0.05) is 29.2 Å². The molecule has 2 aromatic carbocycles. The molecule has 0 bridgehead atoms. The highest BCUT2D eigenvalue weighted by molar-refractivity contribution is 7.99. The van der Waals surface area contributed by atoms with E-state index in [9.17, 15) is 4.79 Å². The van der Waals surface area contributed by atoms with Crippen LogP contribution in [0.5, 0.6) is 5.75 Å². The Labute approximate surface area is 216 Å². The Morgan fingerprint density at radius 1 is 1.14 bits per heavy atom. The molecule has 0 aliphatic heterocycles. The number of pyridine rings is 1. The number of hydrogen-bond acceptors (Lipinski definition) is 7. The van der Waals surface area contributed by atoms with Crippen molar-refractivity contribution < 1.29 is 9.53 Å². The Kier molecular flexibility index (Phi) is 8.36. The molecule has 0 aliphatic carbocycles. The van der Waals surface area contributed by atoms with E-state index in [0.717, 1.165) is 17.0 Å². The van der Waals surface area contributed by atoms with E-state index in [1.165, 1.54) is 18.0 Å². The van der Waals surface area contributed by atoms with Crippen LogP contribution in [-0.4, -0.2) is 44.2 Å². The van der Waals surface area contributed by atoms with Gasteiger partial charge in [0.1, 0.15) is 5.75 Å². The number of amides is 1. The first kappa shape index (κ1) is 24.7. The highest BCUT2D eigenvalue weighted by Crippen LogP contribution is 2.28. The summed E-state index contributed by atoms with van der Waals surface area (Å²) in [5, 5.41) is 14.0. The fourth-order valence-corrected chi connectivity index (χ4v) is 4.19. The van der Waals surface area contributed by atoms with E-state index in [1.807, 2.05) is 47.9 Å². The Morgan fingerprint density at radius 3 is 2.71 bits per heavy atom. The minimum absolute atomic E-state index is 0.0722. The molecule has 0 spiro atoms. The van der Waals surface area contributed by atoms with Crippen LogP contribution in [0.1, 0.15) is 12.5 Å². The monoisotopic (exact) mass is 526 g/mol. The van der Waals surface area contributed by atoms with Crippen molar-refractivity contribution in [2.75, 3.05) is 12.4 Å². The van der Waals surface area contributed by atoms with Crippen LogP contribution in [0.3, 0.4) is 0 Å².